The van der Waals surface area contributed by atoms with Gasteiger partial charge in [0.05, 0.1) is 23.0 Å². The number of anilines is 1. The number of aryl methyl sites for hydroxylation is 2. The quantitative estimate of drug-likeness (QED) is 0.770. The Morgan fingerprint density at radius 2 is 2.14 bits per heavy atom. The van der Waals surface area contributed by atoms with Crippen LogP contribution in [-0.2, 0) is 10.0 Å². The fourth-order valence-electron chi connectivity index (χ4n) is 2.34. The van der Waals surface area contributed by atoms with Crippen LogP contribution in [0.25, 0.3) is 10.9 Å². The van der Waals surface area contributed by atoms with Crippen LogP contribution in [0.5, 0.6) is 0 Å². The second-order valence-corrected chi connectivity index (χ2v) is 6.50. The summed E-state index contributed by atoms with van der Waals surface area (Å²) in [4.78, 5) is 2.92. The van der Waals surface area contributed by atoms with Gasteiger partial charge in [-0.2, -0.15) is 5.26 Å². The molecule has 2 N–H and O–H groups in total. The lowest BCUT2D eigenvalue weighted by Crippen LogP contribution is -2.13. The lowest BCUT2D eigenvalue weighted by molar-refractivity contribution is 0.394. The molecule has 2 aromatic heterocycles. The zero-order valence-electron chi connectivity index (χ0n) is 11.8. The lowest BCUT2D eigenvalue weighted by atomic mass is 10.1. The van der Waals surface area contributed by atoms with Crippen molar-refractivity contribution in [2.24, 2.45) is 0 Å². The van der Waals surface area contributed by atoms with Crippen molar-refractivity contribution in [3.63, 3.8) is 0 Å². The largest absolute Gasteiger partial charge is 0.360 e. The van der Waals surface area contributed by atoms with Gasteiger partial charge in [0.25, 0.3) is 10.0 Å². The Morgan fingerprint density at radius 3 is 2.77 bits per heavy atom. The highest BCUT2D eigenvalue weighted by Gasteiger charge is 2.22. The Balaban J connectivity index is 2.13. The summed E-state index contributed by atoms with van der Waals surface area (Å²) in [6, 6.07) is 5.49. The second kappa shape index (κ2) is 4.89. The Labute approximate surface area is 126 Å². The molecular formula is C14H12N4O3S. The molecule has 0 bridgehead atoms. The van der Waals surface area contributed by atoms with Crippen LogP contribution >= 0.6 is 0 Å². The number of nitrogens with one attached hydrogen (secondary N) is 2. The molecule has 3 aromatic rings. The molecular weight excluding hydrogens is 304 g/mol. The number of hydrogen-bond acceptors (Lipinski definition) is 5. The van der Waals surface area contributed by atoms with Crippen LogP contribution in [-0.4, -0.2) is 18.6 Å². The predicted molar refractivity (Wildman–Crippen MR) is 79.8 cm³/mol. The minimum absolute atomic E-state index is 0.0201. The Bertz CT molecular complexity index is 1010. The zero-order chi connectivity index (χ0) is 15.9. The van der Waals surface area contributed by atoms with Crippen molar-refractivity contribution in [3.05, 3.63) is 41.4 Å². The average Bonchev–Trinajstić information content (AvgIpc) is 3.08. The van der Waals surface area contributed by atoms with E-state index in [0.29, 0.717) is 22.2 Å². The van der Waals surface area contributed by atoms with Gasteiger partial charge in [0.15, 0.2) is 5.76 Å². The predicted octanol–water partition coefficient (Wildman–Crippen LogP) is 2.45. The number of H-pyrrole nitrogens is 1. The third kappa shape index (κ3) is 2.12. The molecule has 8 heteroatoms. The maximum atomic E-state index is 12.4. The molecule has 0 aliphatic carbocycles. The fraction of sp³-hybridized carbons (Fsp3) is 0.143. The molecule has 0 radical (unpaired) electrons. The third-order valence-electron chi connectivity index (χ3n) is 3.40. The highest BCUT2D eigenvalue weighted by molar-refractivity contribution is 7.92. The Hall–Kier alpha value is -2.79. The van der Waals surface area contributed by atoms with Gasteiger partial charge < -0.3 is 9.51 Å². The molecule has 0 aliphatic rings. The van der Waals surface area contributed by atoms with E-state index >= 15 is 0 Å². The summed E-state index contributed by atoms with van der Waals surface area (Å²) in [6.07, 6.45) is 2.71. The molecule has 1 aromatic carbocycles. The van der Waals surface area contributed by atoms with E-state index in [4.69, 9.17) is 9.78 Å². The summed E-state index contributed by atoms with van der Waals surface area (Å²) in [5.74, 6) is 0.208. The molecule has 0 saturated carbocycles. The van der Waals surface area contributed by atoms with Gasteiger partial charge in [-0.05, 0) is 25.5 Å². The number of aromatic nitrogens is 2. The van der Waals surface area contributed by atoms with E-state index in [9.17, 15) is 8.42 Å². The van der Waals surface area contributed by atoms with Crippen LogP contribution < -0.4 is 4.72 Å². The number of nitriles is 1. The summed E-state index contributed by atoms with van der Waals surface area (Å²) in [7, 11) is -3.81. The number of benzene rings is 1. The van der Waals surface area contributed by atoms with Gasteiger partial charge in [-0.1, -0.05) is 11.2 Å². The molecule has 0 fully saturated rings. The Kier molecular flexibility index (Phi) is 3.15. The standard InChI is InChI=1S/C14H12N4O3S/c1-8-3-4-11(14-13(8)10(5-15)6-16-14)18-22(19,20)12-7-17-21-9(12)2/h3-4,6-7,16,18H,1-2H3. The van der Waals surface area contributed by atoms with Gasteiger partial charge in [-0.15, -0.1) is 0 Å². The van der Waals surface area contributed by atoms with Crippen LogP contribution in [0.2, 0.25) is 0 Å². The topological polar surface area (TPSA) is 112 Å². The van der Waals surface area contributed by atoms with E-state index < -0.39 is 10.0 Å². The van der Waals surface area contributed by atoms with Crippen molar-refractivity contribution >= 4 is 26.6 Å². The fourth-order valence-corrected chi connectivity index (χ4v) is 3.51. The maximum Gasteiger partial charge on any atom is 0.267 e. The second-order valence-electron chi connectivity index (χ2n) is 4.85. The first-order valence-electron chi connectivity index (χ1n) is 6.39. The van der Waals surface area contributed by atoms with Gasteiger partial charge in [-0.25, -0.2) is 8.42 Å². The first kappa shape index (κ1) is 14.2. The zero-order valence-corrected chi connectivity index (χ0v) is 12.7. The van der Waals surface area contributed by atoms with E-state index in [1.807, 2.05) is 6.92 Å². The van der Waals surface area contributed by atoms with Crippen molar-refractivity contribution < 1.29 is 12.9 Å². The summed E-state index contributed by atoms with van der Waals surface area (Å²) < 4.78 is 32.1. The third-order valence-corrected chi connectivity index (χ3v) is 4.87. The molecule has 0 saturated heterocycles. The summed E-state index contributed by atoms with van der Waals surface area (Å²) >= 11 is 0. The molecule has 0 atom stereocenters. The van der Waals surface area contributed by atoms with Crippen LogP contribution in [0.3, 0.4) is 0 Å². The first-order valence-corrected chi connectivity index (χ1v) is 7.87. The highest BCUT2D eigenvalue weighted by Crippen LogP contribution is 2.30. The highest BCUT2D eigenvalue weighted by atomic mass is 32.2. The number of sulfonamides is 1. The summed E-state index contributed by atoms with van der Waals surface area (Å²) in [5, 5.41) is 13.3. The first-order chi connectivity index (χ1) is 10.4. The summed E-state index contributed by atoms with van der Waals surface area (Å²) in [5.41, 5.74) is 2.28. The monoisotopic (exact) mass is 316 g/mol. The van der Waals surface area contributed by atoms with E-state index in [-0.39, 0.29) is 10.7 Å². The maximum absolute atomic E-state index is 12.4. The normalized spacial score (nSPS) is 11.5. The average molecular weight is 316 g/mol. The molecule has 0 unspecified atom stereocenters. The van der Waals surface area contributed by atoms with Crippen molar-refractivity contribution in [3.8, 4) is 6.07 Å². The van der Waals surface area contributed by atoms with Gasteiger partial charge >= 0.3 is 0 Å². The Morgan fingerprint density at radius 1 is 1.36 bits per heavy atom. The van der Waals surface area contributed by atoms with E-state index in [1.54, 1.807) is 18.3 Å². The van der Waals surface area contributed by atoms with Crippen LogP contribution in [0.15, 0.2) is 33.9 Å². The van der Waals surface area contributed by atoms with Gasteiger partial charge in [0.2, 0.25) is 0 Å². The van der Waals surface area contributed by atoms with Crippen LogP contribution in [0.4, 0.5) is 5.69 Å². The molecule has 112 valence electrons. The number of hydrogen-bond donors (Lipinski definition) is 2. The molecule has 2 heterocycles. The van der Waals surface area contributed by atoms with E-state index in [2.05, 4.69) is 20.9 Å². The lowest BCUT2D eigenvalue weighted by Gasteiger charge is -2.09. The number of rotatable bonds is 3. The minimum atomic E-state index is -3.81. The number of nitrogens with zero attached hydrogens (tertiary/aromatic N) is 2. The molecule has 0 spiro atoms. The van der Waals surface area contributed by atoms with Gasteiger partial charge in [0.1, 0.15) is 11.0 Å². The summed E-state index contributed by atoms with van der Waals surface area (Å²) in [6.45, 7) is 3.38. The number of fused-ring (bicyclic) bond motifs is 1. The van der Waals surface area contributed by atoms with E-state index in [1.165, 1.54) is 6.92 Å². The van der Waals surface area contributed by atoms with Crippen molar-refractivity contribution in [2.45, 2.75) is 18.7 Å². The van der Waals surface area contributed by atoms with E-state index in [0.717, 1.165) is 11.8 Å². The van der Waals surface area contributed by atoms with Crippen molar-refractivity contribution in [2.75, 3.05) is 4.72 Å². The van der Waals surface area contributed by atoms with Gasteiger partial charge in [-0.3, -0.25) is 4.72 Å². The molecule has 0 aliphatic heterocycles. The minimum Gasteiger partial charge on any atom is -0.360 e. The molecule has 0 amide bonds. The molecule has 3 rings (SSSR count). The van der Waals surface area contributed by atoms with Crippen LogP contribution in [0, 0.1) is 25.2 Å². The smallest absolute Gasteiger partial charge is 0.267 e. The SMILES string of the molecule is Cc1oncc1S(=O)(=O)Nc1ccc(C)c2c(C#N)c[nH]c12. The van der Waals surface area contributed by atoms with Crippen LogP contribution in [0.1, 0.15) is 16.9 Å². The van der Waals surface area contributed by atoms with Crippen molar-refractivity contribution in [1.29, 1.82) is 5.26 Å². The van der Waals surface area contributed by atoms with Crippen molar-refractivity contribution in [1.82, 2.24) is 10.1 Å². The number of aromatic amines is 1. The van der Waals surface area contributed by atoms with Gasteiger partial charge in [0, 0.05) is 11.6 Å². The molecule has 7 nitrogen and oxygen atoms in total. The molecule has 22 heavy (non-hydrogen) atoms.